The Labute approximate surface area is 149 Å². The van der Waals surface area contributed by atoms with Crippen LogP contribution in [0.4, 0.5) is 0 Å². The highest BCUT2D eigenvalue weighted by molar-refractivity contribution is 6.01. The first kappa shape index (κ1) is 17.2. The first-order valence-corrected chi connectivity index (χ1v) is 8.62. The summed E-state index contributed by atoms with van der Waals surface area (Å²) in [5.74, 6) is 1.01. The fraction of sp³-hybridized carbons (Fsp3) is 0.273. The predicted octanol–water partition coefficient (Wildman–Crippen LogP) is 4.83. The van der Waals surface area contributed by atoms with Gasteiger partial charge in [0.2, 0.25) is 0 Å². The summed E-state index contributed by atoms with van der Waals surface area (Å²) in [6, 6.07) is 22.4. The molecule has 0 radical (unpaired) electrons. The molecule has 3 aromatic rings. The minimum absolute atomic E-state index is 0.0121. The maximum atomic E-state index is 4.75. The molecule has 0 spiro atoms. The van der Waals surface area contributed by atoms with Crippen molar-refractivity contribution in [2.75, 3.05) is 0 Å². The van der Waals surface area contributed by atoms with E-state index in [4.69, 9.17) is 4.99 Å². The average Bonchev–Trinajstić information content (AvgIpc) is 2.84. The van der Waals surface area contributed by atoms with Crippen molar-refractivity contribution in [2.45, 2.75) is 38.8 Å². The summed E-state index contributed by atoms with van der Waals surface area (Å²) in [6.45, 7) is 8.70. The Bertz CT molecular complexity index is 814. The van der Waals surface area contributed by atoms with Crippen molar-refractivity contribution in [1.82, 2.24) is 10.3 Å². The number of rotatable bonds is 1. The van der Waals surface area contributed by atoms with Crippen molar-refractivity contribution in [2.24, 2.45) is 4.99 Å². The number of benzene rings is 2. The number of nitrogens with one attached hydrogen (secondary N) is 1. The number of nitrogens with zero attached hydrogens (tertiary/aromatic N) is 2. The predicted molar refractivity (Wildman–Crippen MR) is 106 cm³/mol. The van der Waals surface area contributed by atoms with Gasteiger partial charge in [0.05, 0.1) is 16.6 Å². The summed E-state index contributed by atoms with van der Waals surface area (Å²) in [5, 5.41) is 4.69. The molecule has 0 saturated carbocycles. The van der Waals surface area contributed by atoms with Gasteiger partial charge in [-0.25, -0.2) is 0 Å². The van der Waals surface area contributed by atoms with E-state index in [0.29, 0.717) is 0 Å². The van der Waals surface area contributed by atoms with Crippen molar-refractivity contribution < 1.29 is 0 Å². The van der Waals surface area contributed by atoms with Crippen molar-refractivity contribution in [3.05, 3.63) is 78.5 Å². The zero-order valence-electron chi connectivity index (χ0n) is 15.3. The van der Waals surface area contributed by atoms with Crippen molar-refractivity contribution >= 4 is 16.7 Å². The van der Waals surface area contributed by atoms with Crippen LogP contribution in [-0.2, 0) is 0 Å². The van der Waals surface area contributed by atoms with Crippen LogP contribution in [-0.4, -0.2) is 21.9 Å². The van der Waals surface area contributed by atoms with Crippen LogP contribution < -0.4 is 5.32 Å². The third-order valence-electron chi connectivity index (χ3n) is 4.91. The minimum atomic E-state index is -0.0574. The fourth-order valence-electron chi connectivity index (χ4n) is 2.64. The number of hydrogen-bond donors (Lipinski definition) is 1. The maximum Gasteiger partial charge on any atom is 0.129 e. The third kappa shape index (κ3) is 3.71. The molecule has 0 fully saturated rings. The Balaban J connectivity index is 0.000000157. The molecule has 1 N–H and O–H groups in total. The Morgan fingerprint density at radius 2 is 1.40 bits per heavy atom. The molecule has 3 nitrogen and oxygen atoms in total. The summed E-state index contributed by atoms with van der Waals surface area (Å²) < 4.78 is 0. The highest BCUT2D eigenvalue weighted by atomic mass is 15.2. The largest absolute Gasteiger partial charge is 0.363 e. The highest BCUT2D eigenvalue weighted by Gasteiger charge is 2.42. The summed E-state index contributed by atoms with van der Waals surface area (Å²) in [4.78, 5) is 8.93. The lowest BCUT2D eigenvalue weighted by molar-refractivity contribution is 0.310. The van der Waals surface area contributed by atoms with Gasteiger partial charge in [-0.1, -0.05) is 54.6 Å². The van der Waals surface area contributed by atoms with E-state index in [9.17, 15) is 0 Å². The molecule has 0 atom stereocenters. The van der Waals surface area contributed by atoms with Crippen LogP contribution in [0.3, 0.4) is 0 Å². The standard InChI is InChI=1S/C13H18N2.C9H7N/c1-12(2)13(3,4)15-11(14-12)10-8-6-5-7-9-10;1-2-6-9-8(4-1)5-3-7-10-9/h5-9H,1-4H3,(H,14,15);1-7H. The number of fused-ring (bicyclic) bond motifs is 1. The number of pyridine rings is 1. The molecule has 0 unspecified atom stereocenters. The Morgan fingerprint density at radius 3 is 2.04 bits per heavy atom. The zero-order valence-corrected chi connectivity index (χ0v) is 15.3. The second kappa shape index (κ2) is 6.67. The van der Waals surface area contributed by atoms with Crippen LogP contribution in [0, 0.1) is 0 Å². The summed E-state index contributed by atoms with van der Waals surface area (Å²) in [5.41, 5.74) is 2.18. The van der Waals surface area contributed by atoms with Crippen molar-refractivity contribution in [1.29, 1.82) is 0 Å². The summed E-state index contributed by atoms with van der Waals surface area (Å²) in [7, 11) is 0. The molecule has 4 rings (SSSR count). The Morgan fingerprint density at radius 1 is 0.760 bits per heavy atom. The van der Waals surface area contributed by atoms with Gasteiger partial charge in [0.1, 0.15) is 5.84 Å². The van der Waals surface area contributed by atoms with Gasteiger partial charge < -0.3 is 5.32 Å². The van der Waals surface area contributed by atoms with Crippen LogP contribution >= 0.6 is 0 Å². The molecular weight excluding hydrogens is 306 g/mol. The molecule has 1 aliphatic heterocycles. The molecule has 0 bridgehead atoms. The zero-order chi connectivity index (χ0) is 17.9. The number of para-hydroxylation sites is 1. The van der Waals surface area contributed by atoms with E-state index in [1.54, 1.807) is 0 Å². The molecule has 2 heterocycles. The SMILES string of the molecule is CC1(C)N=C(c2ccccc2)NC1(C)C.c1ccc2ncccc2c1. The topological polar surface area (TPSA) is 37.3 Å². The van der Waals surface area contributed by atoms with E-state index in [0.717, 1.165) is 16.9 Å². The average molecular weight is 331 g/mol. The van der Waals surface area contributed by atoms with Gasteiger partial charge in [0.15, 0.2) is 0 Å². The molecule has 3 heteroatoms. The van der Waals surface area contributed by atoms with E-state index in [1.165, 1.54) is 5.39 Å². The van der Waals surface area contributed by atoms with Gasteiger partial charge in [0.25, 0.3) is 0 Å². The Kier molecular flexibility index (Phi) is 4.58. The normalized spacial score (nSPS) is 17.2. The van der Waals surface area contributed by atoms with Gasteiger partial charge in [-0.2, -0.15) is 0 Å². The minimum Gasteiger partial charge on any atom is -0.363 e. The second-order valence-electron chi connectivity index (χ2n) is 7.33. The van der Waals surface area contributed by atoms with E-state index in [1.807, 2.05) is 48.7 Å². The molecule has 0 aliphatic carbocycles. The lowest BCUT2D eigenvalue weighted by atomic mass is 9.85. The van der Waals surface area contributed by atoms with Crippen LogP contribution in [0.5, 0.6) is 0 Å². The van der Waals surface area contributed by atoms with E-state index < -0.39 is 0 Å². The number of aliphatic imine (C=N–C) groups is 1. The summed E-state index contributed by atoms with van der Waals surface area (Å²) in [6.07, 6.45) is 1.81. The first-order chi connectivity index (χ1) is 11.9. The lowest BCUT2D eigenvalue weighted by Gasteiger charge is -2.32. The number of hydrogen-bond acceptors (Lipinski definition) is 3. The van der Waals surface area contributed by atoms with Crippen LogP contribution in [0.15, 0.2) is 77.9 Å². The lowest BCUT2D eigenvalue weighted by Crippen LogP contribution is -2.50. The first-order valence-electron chi connectivity index (χ1n) is 8.62. The van der Waals surface area contributed by atoms with E-state index in [-0.39, 0.29) is 11.1 Å². The molecule has 0 amide bonds. The smallest absolute Gasteiger partial charge is 0.129 e. The van der Waals surface area contributed by atoms with Gasteiger partial charge in [0, 0.05) is 17.1 Å². The molecule has 1 aliphatic rings. The number of amidine groups is 1. The van der Waals surface area contributed by atoms with Crippen LogP contribution in [0.25, 0.3) is 10.9 Å². The number of aromatic nitrogens is 1. The molecule has 1 aromatic heterocycles. The van der Waals surface area contributed by atoms with Crippen molar-refractivity contribution in [3.8, 4) is 0 Å². The van der Waals surface area contributed by atoms with Gasteiger partial charge in [-0.15, -0.1) is 0 Å². The monoisotopic (exact) mass is 331 g/mol. The molecular formula is C22H25N3. The van der Waals surface area contributed by atoms with Crippen molar-refractivity contribution in [3.63, 3.8) is 0 Å². The van der Waals surface area contributed by atoms with Crippen LogP contribution in [0.2, 0.25) is 0 Å². The maximum absolute atomic E-state index is 4.75. The fourth-order valence-corrected chi connectivity index (χ4v) is 2.64. The summed E-state index contributed by atoms with van der Waals surface area (Å²) >= 11 is 0. The van der Waals surface area contributed by atoms with Gasteiger partial charge in [-0.05, 0) is 39.8 Å². The highest BCUT2D eigenvalue weighted by Crippen LogP contribution is 2.31. The van der Waals surface area contributed by atoms with Gasteiger partial charge >= 0.3 is 0 Å². The molecule has 0 saturated heterocycles. The third-order valence-corrected chi connectivity index (χ3v) is 4.91. The van der Waals surface area contributed by atoms with Gasteiger partial charge in [-0.3, -0.25) is 9.98 Å². The molecule has 128 valence electrons. The second-order valence-corrected chi connectivity index (χ2v) is 7.33. The Hall–Kier alpha value is -2.68. The van der Waals surface area contributed by atoms with E-state index in [2.05, 4.69) is 62.3 Å². The van der Waals surface area contributed by atoms with E-state index >= 15 is 0 Å². The van der Waals surface area contributed by atoms with Crippen LogP contribution in [0.1, 0.15) is 33.3 Å². The quantitative estimate of drug-likeness (QED) is 0.693. The molecule has 25 heavy (non-hydrogen) atoms. The molecule has 2 aromatic carbocycles.